The maximum absolute atomic E-state index is 11.5. The summed E-state index contributed by atoms with van der Waals surface area (Å²) in [4.78, 5) is 23.9. The zero-order valence-corrected chi connectivity index (χ0v) is 17.8. The first-order chi connectivity index (χ1) is 14.2. The van der Waals surface area contributed by atoms with Gasteiger partial charge in [-0.15, -0.1) is 5.11 Å². The molecule has 0 aromatic heterocycles. The molecule has 0 unspecified atom stereocenters. The van der Waals surface area contributed by atoms with Gasteiger partial charge in [0.25, 0.3) is 5.69 Å². The Kier molecular flexibility index (Phi) is 8.06. The molecule has 9 heteroatoms. The molecule has 158 valence electrons. The Balaban J connectivity index is 2.10. The minimum atomic E-state index is -0.519. The first kappa shape index (κ1) is 23.0. The van der Waals surface area contributed by atoms with Gasteiger partial charge in [-0.1, -0.05) is 18.2 Å². The number of anilines is 1. The molecule has 0 N–H and O–H groups in total. The van der Waals surface area contributed by atoms with Crippen LogP contribution in [0.5, 0.6) is 0 Å². The van der Waals surface area contributed by atoms with Crippen molar-refractivity contribution in [2.24, 2.45) is 10.2 Å². The van der Waals surface area contributed by atoms with Crippen LogP contribution in [0.25, 0.3) is 0 Å². The third-order valence-electron chi connectivity index (χ3n) is 4.28. The molecular formula is C21H23ClN4O4. The fourth-order valence-electron chi connectivity index (χ4n) is 2.59. The number of carbonyl (C=O) groups is 1. The van der Waals surface area contributed by atoms with E-state index in [2.05, 4.69) is 21.7 Å². The Morgan fingerprint density at radius 3 is 2.47 bits per heavy atom. The van der Waals surface area contributed by atoms with Crippen LogP contribution in [0.3, 0.4) is 0 Å². The molecule has 0 bridgehead atoms. The number of carbonyl (C=O) groups excluding carboxylic acids is 1. The number of non-ortho nitro benzene ring substituents is 1. The van der Waals surface area contributed by atoms with Crippen LogP contribution < -0.4 is 4.90 Å². The highest BCUT2D eigenvalue weighted by Gasteiger charge is 2.11. The Morgan fingerprint density at radius 1 is 1.23 bits per heavy atom. The van der Waals surface area contributed by atoms with E-state index in [9.17, 15) is 14.9 Å². The number of hydrogen-bond donors (Lipinski definition) is 0. The van der Waals surface area contributed by atoms with Crippen LogP contribution in [-0.4, -0.2) is 30.6 Å². The minimum Gasteiger partial charge on any atom is -0.460 e. The average Bonchev–Trinajstić information content (AvgIpc) is 2.70. The van der Waals surface area contributed by atoms with Gasteiger partial charge in [-0.2, -0.15) is 5.11 Å². The van der Waals surface area contributed by atoms with E-state index in [1.165, 1.54) is 18.2 Å². The molecule has 0 fully saturated rings. The lowest BCUT2D eigenvalue weighted by Gasteiger charge is -2.23. The standard InChI is InChI=1S/C21H23ClN4O4/c1-5-25(10-11-30-21(27)14(2)3)16-6-8-19(15(4)12-16)23-24-20-9-7-17(26(28)29)13-18(20)22/h6-9,12-13H,2,5,10-11H2,1,3-4H3/b24-23+. The monoisotopic (exact) mass is 430 g/mol. The van der Waals surface area contributed by atoms with Crippen LogP contribution in [-0.2, 0) is 9.53 Å². The van der Waals surface area contributed by atoms with E-state index >= 15 is 0 Å². The lowest BCUT2D eigenvalue weighted by Crippen LogP contribution is -2.28. The molecule has 2 rings (SSSR count). The van der Waals surface area contributed by atoms with Crippen molar-refractivity contribution in [3.63, 3.8) is 0 Å². The number of nitro groups is 1. The highest BCUT2D eigenvalue weighted by molar-refractivity contribution is 6.33. The fourth-order valence-corrected chi connectivity index (χ4v) is 2.80. The second-order valence-corrected chi connectivity index (χ2v) is 6.97. The van der Waals surface area contributed by atoms with Crippen molar-refractivity contribution in [2.45, 2.75) is 20.8 Å². The third-order valence-corrected chi connectivity index (χ3v) is 4.58. The van der Waals surface area contributed by atoms with Gasteiger partial charge in [0.1, 0.15) is 12.3 Å². The number of aryl methyl sites for hydroxylation is 1. The molecule has 0 radical (unpaired) electrons. The van der Waals surface area contributed by atoms with Gasteiger partial charge >= 0.3 is 5.97 Å². The maximum Gasteiger partial charge on any atom is 0.333 e. The molecule has 0 atom stereocenters. The van der Waals surface area contributed by atoms with Gasteiger partial charge in [0, 0.05) is 29.9 Å². The van der Waals surface area contributed by atoms with Crippen molar-refractivity contribution < 1.29 is 14.5 Å². The van der Waals surface area contributed by atoms with E-state index in [4.69, 9.17) is 16.3 Å². The van der Waals surface area contributed by atoms with Crippen LogP contribution in [0, 0.1) is 17.0 Å². The molecule has 30 heavy (non-hydrogen) atoms. The van der Waals surface area contributed by atoms with E-state index in [1.807, 2.05) is 32.0 Å². The van der Waals surface area contributed by atoms with Crippen LogP contribution in [0.15, 0.2) is 58.8 Å². The lowest BCUT2D eigenvalue weighted by atomic mass is 10.1. The summed E-state index contributed by atoms with van der Waals surface area (Å²) in [5.41, 5.74) is 3.13. The molecule has 0 amide bonds. The topological polar surface area (TPSA) is 97.4 Å². The number of azo groups is 1. The second-order valence-electron chi connectivity index (χ2n) is 6.56. The highest BCUT2D eigenvalue weighted by atomic mass is 35.5. The van der Waals surface area contributed by atoms with Crippen molar-refractivity contribution in [2.75, 3.05) is 24.6 Å². The van der Waals surface area contributed by atoms with E-state index in [-0.39, 0.29) is 17.3 Å². The number of nitro benzene ring substituents is 1. The van der Waals surface area contributed by atoms with E-state index in [0.29, 0.717) is 23.5 Å². The number of benzene rings is 2. The number of rotatable bonds is 9. The van der Waals surface area contributed by atoms with Crippen LogP contribution in [0.1, 0.15) is 19.4 Å². The predicted octanol–water partition coefficient (Wildman–Crippen LogP) is 5.92. The maximum atomic E-state index is 11.5. The predicted molar refractivity (Wildman–Crippen MR) is 117 cm³/mol. The van der Waals surface area contributed by atoms with Gasteiger partial charge in [0.05, 0.1) is 22.2 Å². The van der Waals surface area contributed by atoms with Gasteiger partial charge in [0.2, 0.25) is 0 Å². The van der Waals surface area contributed by atoms with Crippen LogP contribution in [0.2, 0.25) is 5.02 Å². The molecule has 2 aromatic carbocycles. The average molecular weight is 431 g/mol. The van der Waals surface area contributed by atoms with Crippen molar-refractivity contribution in [3.05, 3.63) is 69.3 Å². The number of hydrogen-bond acceptors (Lipinski definition) is 7. The third kappa shape index (κ3) is 6.12. The summed E-state index contributed by atoms with van der Waals surface area (Å²) in [6.07, 6.45) is 0. The molecule has 0 aliphatic heterocycles. The molecule has 8 nitrogen and oxygen atoms in total. The Morgan fingerprint density at radius 2 is 1.90 bits per heavy atom. The molecule has 0 saturated carbocycles. The van der Waals surface area contributed by atoms with E-state index in [0.717, 1.165) is 17.8 Å². The lowest BCUT2D eigenvalue weighted by molar-refractivity contribution is -0.384. The number of esters is 1. The Hall–Kier alpha value is -3.26. The van der Waals surface area contributed by atoms with E-state index in [1.54, 1.807) is 6.92 Å². The highest BCUT2D eigenvalue weighted by Crippen LogP contribution is 2.32. The van der Waals surface area contributed by atoms with E-state index < -0.39 is 10.9 Å². The zero-order chi connectivity index (χ0) is 22.3. The molecule has 0 heterocycles. The summed E-state index contributed by atoms with van der Waals surface area (Å²) in [6.45, 7) is 10.6. The summed E-state index contributed by atoms with van der Waals surface area (Å²) < 4.78 is 5.16. The quantitative estimate of drug-likeness (QED) is 0.162. The van der Waals surface area contributed by atoms with Crippen LogP contribution >= 0.6 is 11.6 Å². The van der Waals surface area contributed by atoms with Gasteiger partial charge < -0.3 is 9.64 Å². The van der Waals surface area contributed by atoms with Gasteiger partial charge in [0.15, 0.2) is 0 Å². The normalized spacial score (nSPS) is 10.8. The molecular weight excluding hydrogens is 408 g/mol. The Bertz CT molecular complexity index is 991. The molecule has 0 spiro atoms. The molecule has 2 aromatic rings. The number of halogens is 1. The largest absolute Gasteiger partial charge is 0.460 e. The summed E-state index contributed by atoms with van der Waals surface area (Å²) in [5, 5.41) is 19.3. The SMILES string of the molecule is C=C(C)C(=O)OCCN(CC)c1ccc(/N=N/c2ccc([N+](=O)[O-])cc2Cl)c(C)c1. The smallest absolute Gasteiger partial charge is 0.333 e. The van der Waals surface area contributed by atoms with Crippen molar-refractivity contribution >= 4 is 40.3 Å². The summed E-state index contributed by atoms with van der Waals surface area (Å²) in [6, 6.07) is 9.73. The van der Waals surface area contributed by atoms with Crippen LogP contribution in [0.4, 0.5) is 22.7 Å². The zero-order valence-electron chi connectivity index (χ0n) is 17.1. The van der Waals surface area contributed by atoms with Crippen molar-refractivity contribution in [3.8, 4) is 0 Å². The molecule has 0 saturated heterocycles. The summed E-state index contributed by atoms with van der Waals surface area (Å²) >= 11 is 6.05. The number of nitrogens with zero attached hydrogens (tertiary/aromatic N) is 4. The number of ether oxygens (including phenoxy) is 1. The summed E-state index contributed by atoms with van der Waals surface area (Å²) in [5.74, 6) is -0.400. The minimum absolute atomic E-state index is 0.104. The van der Waals surface area contributed by atoms with Gasteiger partial charge in [-0.25, -0.2) is 4.79 Å². The number of likely N-dealkylation sites (N-methyl/N-ethyl adjacent to an activating group) is 1. The first-order valence-corrected chi connectivity index (χ1v) is 9.64. The van der Waals surface area contributed by atoms with Crippen molar-refractivity contribution in [1.29, 1.82) is 0 Å². The summed E-state index contributed by atoms with van der Waals surface area (Å²) in [7, 11) is 0. The fraction of sp³-hybridized carbons (Fsp3) is 0.286. The molecule has 0 aliphatic rings. The van der Waals surface area contributed by atoms with Crippen molar-refractivity contribution in [1.82, 2.24) is 0 Å². The second kappa shape index (κ2) is 10.5. The molecule has 0 aliphatic carbocycles. The van der Waals surface area contributed by atoms with Gasteiger partial charge in [-0.3, -0.25) is 10.1 Å². The van der Waals surface area contributed by atoms with Gasteiger partial charge in [-0.05, 0) is 50.6 Å². The Labute approximate surface area is 180 Å². The first-order valence-electron chi connectivity index (χ1n) is 9.26.